The van der Waals surface area contributed by atoms with E-state index in [4.69, 9.17) is 5.73 Å². The number of nitrogens with zero attached hydrogens (tertiary/aromatic N) is 2. The third-order valence-electron chi connectivity index (χ3n) is 7.74. The number of nitrogens with two attached hydrogens (primary N) is 1. The van der Waals surface area contributed by atoms with Gasteiger partial charge in [0.2, 0.25) is 21.8 Å². The number of carbonyl (C=O) groups is 2. The molecule has 0 aromatic heterocycles. The number of amides is 2. The highest BCUT2D eigenvalue weighted by molar-refractivity contribution is 7.89. The Morgan fingerprint density at radius 2 is 1.65 bits per heavy atom. The van der Waals surface area contributed by atoms with E-state index in [1.165, 1.54) is 44.2 Å². The van der Waals surface area contributed by atoms with Crippen molar-refractivity contribution >= 4 is 39.3 Å². The average molecular weight is 568 g/mol. The molecular weight excluding hydrogens is 526 g/mol. The molecule has 1 unspecified atom stereocenters. The quantitative estimate of drug-likeness (QED) is 0.377. The van der Waals surface area contributed by atoms with Crippen molar-refractivity contribution in [3.05, 3.63) is 60.2 Å². The van der Waals surface area contributed by atoms with Crippen LogP contribution in [0.15, 0.2) is 59.5 Å². The molecule has 4 rings (SSSR count). The summed E-state index contributed by atoms with van der Waals surface area (Å²) in [5.74, 6) is -1.45. The number of anilines is 2. The van der Waals surface area contributed by atoms with Crippen molar-refractivity contribution < 1.29 is 18.0 Å². The lowest BCUT2D eigenvalue weighted by atomic mass is 9.94. The smallest absolute Gasteiger partial charge is 0.248 e. The number of hydrogen-bond donors (Lipinski definition) is 3. The molecule has 2 aromatic carbocycles. The fourth-order valence-electron chi connectivity index (χ4n) is 5.52. The predicted octanol–water partition coefficient (Wildman–Crippen LogP) is 3.58. The van der Waals surface area contributed by atoms with Gasteiger partial charge in [-0.25, -0.2) is 8.42 Å². The Morgan fingerprint density at radius 3 is 2.27 bits per heavy atom. The second-order valence-electron chi connectivity index (χ2n) is 11.0. The molecule has 1 aliphatic heterocycles. The zero-order valence-corrected chi connectivity index (χ0v) is 24.2. The molecule has 2 amide bonds. The van der Waals surface area contributed by atoms with Crippen LogP contribution in [0.2, 0.25) is 0 Å². The molecule has 1 saturated carbocycles. The predicted molar refractivity (Wildman–Crippen MR) is 159 cm³/mol. The lowest BCUT2D eigenvalue weighted by molar-refractivity contribution is -0.120. The summed E-state index contributed by atoms with van der Waals surface area (Å²) in [5.41, 5.74) is 7.28. The molecule has 2 aliphatic rings. The summed E-state index contributed by atoms with van der Waals surface area (Å²) >= 11 is 0. The first-order valence-corrected chi connectivity index (χ1v) is 15.6. The molecule has 2 fully saturated rings. The Bertz CT molecular complexity index is 1300. The van der Waals surface area contributed by atoms with Gasteiger partial charge >= 0.3 is 0 Å². The minimum absolute atomic E-state index is 0.00959. The maximum absolute atomic E-state index is 13.7. The summed E-state index contributed by atoms with van der Waals surface area (Å²) < 4.78 is 29.9. The van der Waals surface area contributed by atoms with Crippen molar-refractivity contribution in [2.24, 2.45) is 11.7 Å². The molecule has 1 aliphatic carbocycles. The van der Waals surface area contributed by atoms with Crippen molar-refractivity contribution in [1.29, 1.82) is 0 Å². The van der Waals surface area contributed by atoms with E-state index >= 15 is 0 Å². The van der Waals surface area contributed by atoms with E-state index in [9.17, 15) is 18.0 Å². The molecular formula is C30H41N5O4S. The maximum Gasteiger partial charge on any atom is 0.248 e. The lowest BCUT2D eigenvalue weighted by Crippen LogP contribution is -2.51. The molecule has 1 saturated heterocycles. The zero-order valence-electron chi connectivity index (χ0n) is 23.4. The Balaban J connectivity index is 1.57. The summed E-state index contributed by atoms with van der Waals surface area (Å²) in [6, 6.07) is 13.9. The number of hydrogen-bond acceptors (Lipinski definition) is 6. The van der Waals surface area contributed by atoms with Gasteiger partial charge in [0.05, 0.1) is 5.69 Å². The van der Waals surface area contributed by atoms with Gasteiger partial charge in [0, 0.05) is 44.0 Å². The number of nitrogens with one attached hydrogen (secondary N) is 2. The number of sulfonamides is 1. The normalized spacial score (nSPS) is 18.2. The molecule has 1 atom stereocenters. The van der Waals surface area contributed by atoms with Crippen LogP contribution in [0.1, 0.15) is 51.5 Å². The second-order valence-corrected chi connectivity index (χ2v) is 12.7. The van der Waals surface area contributed by atoms with E-state index in [1.54, 1.807) is 32.1 Å². The van der Waals surface area contributed by atoms with Gasteiger partial charge in [-0.15, -0.1) is 0 Å². The van der Waals surface area contributed by atoms with Gasteiger partial charge in [-0.05, 0) is 48.6 Å². The van der Waals surface area contributed by atoms with Gasteiger partial charge in [0.1, 0.15) is 10.9 Å². The highest BCUT2D eigenvalue weighted by Gasteiger charge is 2.32. The first kappa shape index (κ1) is 29.8. The Morgan fingerprint density at radius 1 is 0.975 bits per heavy atom. The molecule has 10 heteroatoms. The van der Waals surface area contributed by atoms with E-state index in [-0.39, 0.29) is 16.7 Å². The number of benzene rings is 2. The van der Waals surface area contributed by atoms with Crippen LogP contribution in [-0.4, -0.2) is 63.4 Å². The summed E-state index contributed by atoms with van der Waals surface area (Å²) in [4.78, 5) is 29.3. The number of rotatable bonds is 10. The molecule has 1 heterocycles. The zero-order chi connectivity index (χ0) is 28.7. The van der Waals surface area contributed by atoms with Crippen molar-refractivity contribution in [1.82, 2.24) is 9.62 Å². The van der Waals surface area contributed by atoms with E-state index < -0.39 is 22.0 Å². The van der Waals surface area contributed by atoms with Gasteiger partial charge in [-0.2, -0.15) is 4.72 Å². The van der Waals surface area contributed by atoms with E-state index in [0.717, 1.165) is 18.7 Å². The van der Waals surface area contributed by atoms with Gasteiger partial charge in [-0.3, -0.25) is 14.5 Å². The third-order valence-corrected chi connectivity index (χ3v) is 9.22. The summed E-state index contributed by atoms with van der Waals surface area (Å²) in [6.07, 6.45) is 9.38. The standard InChI is InChI=1S/C30H41N5O4S/c1-22(2)29(30(31)37)33-40(38,39)27-21-24(32-28(36)16-13-23-9-5-3-6-10-23)14-15-26(27)35-19-17-34(18-20-35)25-11-7-4-8-12-25/h3,5-6,9-10,13-16,21-22,25,29,33H,4,7-8,11-12,17-20H2,1-2H3,(H2,31,37)(H,32,36). The van der Waals surface area contributed by atoms with Crippen LogP contribution < -0.4 is 20.7 Å². The number of primary amides is 1. The van der Waals surface area contributed by atoms with Gasteiger partial charge < -0.3 is 16.0 Å². The van der Waals surface area contributed by atoms with Crippen molar-refractivity contribution in [2.45, 2.75) is 62.9 Å². The molecule has 216 valence electrons. The lowest BCUT2D eigenvalue weighted by Gasteiger charge is -2.42. The Labute approximate surface area is 237 Å². The average Bonchev–Trinajstić information content (AvgIpc) is 2.96. The van der Waals surface area contributed by atoms with Crippen LogP contribution in [0.25, 0.3) is 6.08 Å². The molecule has 4 N–H and O–H groups in total. The van der Waals surface area contributed by atoms with Crippen LogP contribution in [-0.2, 0) is 19.6 Å². The minimum Gasteiger partial charge on any atom is -0.368 e. The number of piperazine rings is 1. The fraction of sp³-hybridized carbons (Fsp3) is 0.467. The topological polar surface area (TPSA) is 125 Å². The first-order chi connectivity index (χ1) is 19.1. The first-order valence-electron chi connectivity index (χ1n) is 14.1. The highest BCUT2D eigenvalue weighted by Crippen LogP contribution is 2.31. The van der Waals surface area contributed by atoms with Gasteiger partial charge in [0.15, 0.2) is 0 Å². The molecule has 0 bridgehead atoms. The largest absolute Gasteiger partial charge is 0.368 e. The minimum atomic E-state index is -4.15. The van der Waals surface area contributed by atoms with Crippen LogP contribution in [0.4, 0.5) is 11.4 Å². The molecule has 0 radical (unpaired) electrons. The van der Waals surface area contributed by atoms with Crippen molar-refractivity contribution in [3.63, 3.8) is 0 Å². The maximum atomic E-state index is 13.7. The molecule has 40 heavy (non-hydrogen) atoms. The summed E-state index contributed by atoms with van der Waals surface area (Å²) in [5, 5.41) is 2.77. The van der Waals surface area contributed by atoms with E-state index in [2.05, 4.69) is 19.8 Å². The molecule has 9 nitrogen and oxygen atoms in total. The SMILES string of the molecule is CC(C)C(NS(=O)(=O)c1cc(NC(=O)C=Cc2ccccc2)ccc1N1CCN(C2CCCCC2)CC1)C(N)=O. The van der Waals surface area contributed by atoms with E-state index in [1.807, 2.05) is 30.3 Å². The van der Waals surface area contributed by atoms with Crippen LogP contribution in [0.5, 0.6) is 0 Å². The summed E-state index contributed by atoms with van der Waals surface area (Å²) in [6.45, 7) is 6.56. The van der Waals surface area contributed by atoms with Crippen molar-refractivity contribution in [3.8, 4) is 0 Å². The van der Waals surface area contributed by atoms with Gasteiger partial charge in [-0.1, -0.05) is 63.4 Å². The van der Waals surface area contributed by atoms with E-state index in [0.29, 0.717) is 30.5 Å². The third kappa shape index (κ3) is 7.71. The fourth-order valence-corrected chi connectivity index (χ4v) is 7.12. The summed E-state index contributed by atoms with van der Waals surface area (Å²) in [7, 11) is -4.15. The van der Waals surface area contributed by atoms with Crippen molar-refractivity contribution in [2.75, 3.05) is 36.4 Å². The molecule has 2 aromatic rings. The Hall–Kier alpha value is -3.21. The second kappa shape index (κ2) is 13.4. The highest BCUT2D eigenvalue weighted by atomic mass is 32.2. The molecule has 0 spiro atoms. The number of carbonyl (C=O) groups excluding carboxylic acids is 2. The van der Waals surface area contributed by atoms with Gasteiger partial charge in [0.25, 0.3) is 0 Å². The van der Waals surface area contributed by atoms with Crippen LogP contribution in [0.3, 0.4) is 0 Å². The van der Waals surface area contributed by atoms with Crippen LogP contribution in [0, 0.1) is 5.92 Å². The Kier molecular flexibility index (Phi) is 9.99. The monoisotopic (exact) mass is 567 g/mol. The van der Waals surface area contributed by atoms with Crippen LogP contribution >= 0.6 is 0 Å².